The third-order valence-electron chi connectivity index (χ3n) is 2.56. The normalized spacial score (nSPS) is 18.1. The summed E-state index contributed by atoms with van der Waals surface area (Å²) in [5.41, 5.74) is 2.32. The third kappa shape index (κ3) is 1.83. The topological polar surface area (TPSA) is 44.9 Å². The van der Waals surface area contributed by atoms with Crippen LogP contribution in [0.5, 0.6) is 0 Å². The molecule has 0 radical (unpaired) electrons. The average Bonchev–Trinajstić information content (AvgIpc) is 2.06. The number of halogens is 1. The van der Waals surface area contributed by atoms with Gasteiger partial charge >= 0.3 is 0 Å². The van der Waals surface area contributed by atoms with Gasteiger partial charge < -0.3 is 10.3 Å². The summed E-state index contributed by atoms with van der Waals surface area (Å²) >= 11 is 0. The highest BCUT2D eigenvalue weighted by molar-refractivity contribution is 5.85. The van der Waals surface area contributed by atoms with Gasteiger partial charge in [0.15, 0.2) is 0 Å². The Morgan fingerprint density at radius 1 is 1.36 bits per heavy atom. The standard InChI is InChI=1S/C10H14N2O.ClH/c1-10(2)6-11-5-7-3-4-8(13)12-9(7)10;/h3-4,11H,5-6H2,1-2H3,(H,12,13);1H. The first kappa shape index (κ1) is 11.3. The van der Waals surface area contributed by atoms with E-state index < -0.39 is 0 Å². The molecule has 78 valence electrons. The molecule has 0 fully saturated rings. The van der Waals surface area contributed by atoms with Crippen molar-refractivity contribution in [3.05, 3.63) is 33.7 Å². The van der Waals surface area contributed by atoms with Crippen molar-refractivity contribution in [2.45, 2.75) is 25.8 Å². The summed E-state index contributed by atoms with van der Waals surface area (Å²) in [7, 11) is 0. The minimum absolute atomic E-state index is 0. The van der Waals surface area contributed by atoms with Crippen molar-refractivity contribution in [3.63, 3.8) is 0 Å². The fourth-order valence-electron chi connectivity index (χ4n) is 1.85. The fraction of sp³-hybridized carbons (Fsp3) is 0.500. The lowest BCUT2D eigenvalue weighted by atomic mass is 9.83. The Morgan fingerprint density at radius 2 is 2.07 bits per heavy atom. The van der Waals surface area contributed by atoms with Crippen molar-refractivity contribution in [1.29, 1.82) is 0 Å². The van der Waals surface area contributed by atoms with Crippen LogP contribution in [0.2, 0.25) is 0 Å². The van der Waals surface area contributed by atoms with Crippen LogP contribution in [-0.2, 0) is 12.0 Å². The summed E-state index contributed by atoms with van der Waals surface area (Å²) in [5, 5.41) is 3.33. The van der Waals surface area contributed by atoms with Gasteiger partial charge in [-0.2, -0.15) is 0 Å². The first-order valence-electron chi connectivity index (χ1n) is 4.53. The quantitative estimate of drug-likeness (QED) is 0.681. The number of rotatable bonds is 0. The maximum atomic E-state index is 11.2. The van der Waals surface area contributed by atoms with Crippen LogP contribution in [0, 0.1) is 0 Å². The van der Waals surface area contributed by atoms with Gasteiger partial charge in [-0.3, -0.25) is 4.79 Å². The van der Waals surface area contributed by atoms with E-state index in [9.17, 15) is 4.79 Å². The summed E-state index contributed by atoms with van der Waals surface area (Å²) in [6.07, 6.45) is 0. The minimum atomic E-state index is -0.00581. The molecule has 2 rings (SSSR count). The molecule has 0 bridgehead atoms. The van der Waals surface area contributed by atoms with E-state index in [4.69, 9.17) is 0 Å². The number of aromatic nitrogens is 1. The molecule has 1 aromatic heterocycles. The Labute approximate surface area is 89.3 Å². The van der Waals surface area contributed by atoms with Gasteiger partial charge in [-0.15, -0.1) is 12.4 Å². The van der Waals surface area contributed by atoms with Gasteiger partial charge in [0.1, 0.15) is 0 Å². The second kappa shape index (κ2) is 3.75. The molecule has 1 aliphatic rings. The molecule has 0 amide bonds. The molecule has 0 saturated carbocycles. The van der Waals surface area contributed by atoms with Crippen LogP contribution >= 0.6 is 12.4 Å². The van der Waals surface area contributed by atoms with Gasteiger partial charge in [-0.25, -0.2) is 0 Å². The third-order valence-corrected chi connectivity index (χ3v) is 2.56. The molecule has 4 heteroatoms. The van der Waals surface area contributed by atoms with E-state index in [1.807, 2.05) is 6.07 Å². The van der Waals surface area contributed by atoms with Gasteiger partial charge in [0.2, 0.25) is 5.56 Å². The number of nitrogens with one attached hydrogen (secondary N) is 2. The van der Waals surface area contributed by atoms with Gasteiger partial charge in [0.25, 0.3) is 0 Å². The lowest BCUT2D eigenvalue weighted by Crippen LogP contribution is -2.40. The highest BCUT2D eigenvalue weighted by Crippen LogP contribution is 2.25. The van der Waals surface area contributed by atoms with Crippen LogP contribution in [0.3, 0.4) is 0 Å². The van der Waals surface area contributed by atoms with Crippen molar-refractivity contribution >= 4 is 12.4 Å². The molecule has 1 aliphatic heterocycles. The summed E-state index contributed by atoms with van der Waals surface area (Å²) in [6.45, 7) is 6.04. The molecular weight excluding hydrogens is 200 g/mol. The molecular formula is C10H15ClN2O. The lowest BCUT2D eigenvalue weighted by molar-refractivity contribution is 0.420. The van der Waals surface area contributed by atoms with E-state index >= 15 is 0 Å². The Morgan fingerprint density at radius 3 is 2.79 bits per heavy atom. The van der Waals surface area contributed by atoms with Crippen LogP contribution in [0.25, 0.3) is 0 Å². The second-order valence-electron chi connectivity index (χ2n) is 4.21. The molecule has 0 aliphatic carbocycles. The van der Waals surface area contributed by atoms with E-state index in [1.165, 1.54) is 5.56 Å². The van der Waals surface area contributed by atoms with Gasteiger partial charge in [0.05, 0.1) is 0 Å². The Bertz CT molecular complexity index is 384. The van der Waals surface area contributed by atoms with Crippen LogP contribution in [0.15, 0.2) is 16.9 Å². The molecule has 0 saturated heterocycles. The lowest BCUT2D eigenvalue weighted by Gasteiger charge is -2.32. The SMILES string of the molecule is CC1(C)CNCc2ccc(=O)[nH]c21.Cl. The predicted molar refractivity (Wildman–Crippen MR) is 59.0 cm³/mol. The maximum Gasteiger partial charge on any atom is 0.248 e. The smallest absolute Gasteiger partial charge is 0.248 e. The van der Waals surface area contributed by atoms with E-state index in [1.54, 1.807) is 6.07 Å². The van der Waals surface area contributed by atoms with Crippen LogP contribution in [-0.4, -0.2) is 11.5 Å². The van der Waals surface area contributed by atoms with Crippen LogP contribution in [0.1, 0.15) is 25.1 Å². The Hall–Kier alpha value is -0.800. The molecule has 3 nitrogen and oxygen atoms in total. The molecule has 1 aromatic rings. The molecule has 14 heavy (non-hydrogen) atoms. The highest BCUT2D eigenvalue weighted by Gasteiger charge is 2.27. The summed E-state index contributed by atoms with van der Waals surface area (Å²) in [5.74, 6) is 0. The first-order chi connectivity index (χ1) is 6.09. The van der Waals surface area contributed by atoms with E-state index in [-0.39, 0.29) is 23.4 Å². The van der Waals surface area contributed by atoms with Gasteiger partial charge in [-0.1, -0.05) is 19.9 Å². The number of pyridine rings is 1. The van der Waals surface area contributed by atoms with E-state index in [0.717, 1.165) is 18.8 Å². The van der Waals surface area contributed by atoms with E-state index in [2.05, 4.69) is 24.1 Å². The zero-order chi connectivity index (χ0) is 9.47. The fourth-order valence-corrected chi connectivity index (χ4v) is 1.85. The number of aromatic amines is 1. The Balaban J connectivity index is 0.000000980. The molecule has 0 spiro atoms. The van der Waals surface area contributed by atoms with Crippen molar-refractivity contribution in [2.75, 3.05) is 6.54 Å². The average molecular weight is 215 g/mol. The van der Waals surface area contributed by atoms with Crippen LogP contribution < -0.4 is 10.9 Å². The minimum Gasteiger partial charge on any atom is -0.325 e. The van der Waals surface area contributed by atoms with Crippen LogP contribution in [0.4, 0.5) is 0 Å². The van der Waals surface area contributed by atoms with Crippen molar-refractivity contribution in [2.24, 2.45) is 0 Å². The zero-order valence-electron chi connectivity index (χ0n) is 8.39. The molecule has 0 atom stereocenters. The summed E-state index contributed by atoms with van der Waals surface area (Å²) in [6, 6.07) is 3.49. The first-order valence-corrected chi connectivity index (χ1v) is 4.53. The number of hydrogen-bond acceptors (Lipinski definition) is 2. The predicted octanol–water partition coefficient (Wildman–Crippen LogP) is 1.18. The largest absolute Gasteiger partial charge is 0.325 e. The van der Waals surface area contributed by atoms with E-state index in [0.29, 0.717) is 0 Å². The second-order valence-corrected chi connectivity index (χ2v) is 4.21. The Kier molecular flexibility index (Phi) is 3.02. The summed E-state index contributed by atoms with van der Waals surface area (Å²) in [4.78, 5) is 14.1. The van der Waals surface area contributed by atoms with Crippen molar-refractivity contribution in [3.8, 4) is 0 Å². The molecule has 2 N–H and O–H groups in total. The highest BCUT2D eigenvalue weighted by atomic mass is 35.5. The summed E-state index contributed by atoms with van der Waals surface area (Å²) < 4.78 is 0. The number of fused-ring (bicyclic) bond motifs is 1. The molecule has 2 heterocycles. The maximum absolute atomic E-state index is 11.2. The van der Waals surface area contributed by atoms with Gasteiger partial charge in [0, 0.05) is 30.3 Å². The van der Waals surface area contributed by atoms with Crippen molar-refractivity contribution in [1.82, 2.24) is 10.3 Å². The van der Waals surface area contributed by atoms with Gasteiger partial charge in [-0.05, 0) is 5.56 Å². The monoisotopic (exact) mass is 214 g/mol. The van der Waals surface area contributed by atoms with Crippen molar-refractivity contribution < 1.29 is 0 Å². The zero-order valence-corrected chi connectivity index (χ0v) is 9.20. The number of hydrogen-bond donors (Lipinski definition) is 2. The molecule has 0 unspecified atom stereocenters. The number of H-pyrrole nitrogens is 1. The molecule has 0 aromatic carbocycles.